The largest absolute Gasteiger partial charge is 0.296 e. The van der Waals surface area contributed by atoms with Gasteiger partial charge < -0.3 is 0 Å². The molecule has 2 aliphatic rings. The van der Waals surface area contributed by atoms with Crippen molar-refractivity contribution in [2.45, 2.75) is 51.9 Å². The van der Waals surface area contributed by atoms with E-state index in [1.54, 1.807) is 0 Å². The number of hydrogen-bond acceptors (Lipinski definition) is 2. The van der Waals surface area contributed by atoms with Crippen molar-refractivity contribution in [3.8, 4) is 0 Å². The lowest BCUT2D eigenvalue weighted by Gasteiger charge is -2.44. The Morgan fingerprint density at radius 2 is 1.71 bits per heavy atom. The van der Waals surface area contributed by atoms with Crippen molar-refractivity contribution in [3.05, 3.63) is 35.4 Å². The lowest BCUT2D eigenvalue weighted by atomic mass is 9.68. The molecule has 21 heavy (non-hydrogen) atoms. The van der Waals surface area contributed by atoms with Crippen LogP contribution in [0.1, 0.15) is 60.9 Å². The molecule has 114 valence electrons. The van der Waals surface area contributed by atoms with Gasteiger partial charge in [-0.05, 0) is 56.7 Å². The fraction of sp³-hybridized carbons (Fsp3) is 0.632. The van der Waals surface area contributed by atoms with Crippen LogP contribution in [0.2, 0.25) is 0 Å². The molecular weight excluding hydrogens is 258 g/mol. The van der Waals surface area contributed by atoms with Crippen LogP contribution in [0.5, 0.6) is 0 Å². The van der Waals surface area contributed by atoms with Crippen molar-refractivity contribution in [1.29, 1.82) is 0 Å². The Balaban J connectivity index is 1.56. The molecule has 2 heteroatoms. The van der Waals surface area contributed by atoms with Crippen molar-refractivity contribution in [3.63, 3.8) is 0 Å². The molecule has 1 aliphatic carbocycles. The van der Waals surface area contributed by atoms with E-state index >= 15 is 0 Å². The second-order valence-electron chi connectivity index (χ2n) is 7.07. The average Bonchev–Trinajstić information content (AvgIpc) is 2.51. The van der Waals surface area contributed by atoms with Crippen LogP contribution in [0.15, 0.2) is 24.3 Å². The van der Waals surface area contributed by atoms with Gasteiger partial charge in [-0.25, -0.2) is 0 Å². The second kappa shape index (κ2) is 6.31. The quantitative estimate of drug-likeness (QED) is 0.775. The van der Waals surface area contributed by atoms with Gasteiger partial charge in [0.15, 0.2) is 5.78 Å². The highest BCUT2D eigenvalue weighted by Gasteiger charge is 2.35. The van der Waals surface area contributed by atoms with E-state index in [4.69, 9.17) is 0 Å². The number of likely N-dealkylation sites (tertiary alicyclic amines) is 1. The maximum absolute atomic E-state index is 12.5. The topological polar surface area (TPSA) is 20.3 Å². The van der Waals surface area contributed by atoms with E-state index in [2.05, 4.69) is 4.90 Å². The summed E-state index contributed by atoms with van der Waals surface area (Å²) >= 11 is 0. The summed E-state index contributed by atoms with van der Waals surface area (Å²) in [5.41, 5.74) is 2.62. The van der Waals surface area contributed by atoms with Gasteiger partial charge >= 0.3 is 0 Å². The molecule has 0 amide bonds. The normalized spacial score (nSPS) is 22.3. The number of carbonyl (C=O) groups is 1. The van der Waals surface area contributed by atoms with Gasteiger partial charge in [-0.1, -0.05) is 43.5 Å². The van der Waals surface area contributed by atoms with E-state index in [0.717, 1.165) is 24.2 Å². The SMILES string of the molecule is Cc1ccccc1C(=O)CN1CCC2(CCCCC2)CC1. The third-order valence-corrected chi connectivity index (χ3v) is 5.64. The standard InChI is InChI=1S/C19H27NO/c1-16-7-3-4-8-17(16)18(21)15-20-13-11-19(12-14-20)9-5-2-6-10-19/h3-4,7-8H,2,5-6,9-15H2,1H3. The van der Waals surface area contributed by atoms with Crippen molar-refractivity contribution in [2.24, 2.45) is 5.41 Å². The number of benzene rings is 1. The number of nitrogens with zero attached hydrogens (tertiary/aromatic N) is 1. The first-order valence-corrected chi connectivity index (χ1v) is 8.50. The Morgan fingerprint density at radius 1 is 1.05 bits per heavy atom. The third-order valence-electron chi connectivity index (χ3n) is 5.64. The monoisotopic (exact) mass is 285 g/mol. The van der Waals surface area contributed by atoms with Gasteiger partial charge in [0.1, 0.15) is 0 Å². The summed E-state index contributed by atoms with van der Waals surface area (Å²) < 4.78 is 0. The molecule has 0 aromatic heterocycles. The Hall–Kier alpha value is -1.15. The third kappa shape index (κ3) is 3.37. The summed E-state index contributed by atoms with van der Waals surface area (Å²) in [6.07, 6.45) is 9.71. The molecule has 3 rings (SSSR count). The Morgan fingerprint density at radius 3 is 2.38 bits per heavy atom. The van der Waals surface area contributed by atoms with Crippen molar-refractivity contribution >= 4 is 5.78 Å². The van der Waals surface area contributed by atoms with E-state index in [9.17, 15) is 4.79 Å². The van der Waals surface area contributed by atoms with Crippen LogP contribution in [0, 0.1) is 12.3 Å². The minimum atomic E-state index is 0.285. The molecule has 0 radical (unpaired) electrons. The van der Waals surface area contributed by atoms with Gasteiger partial charge in [-0.3, -0.25) is 9.69 Å². The van der Waals surface area contributed by atoms with Gasteiger partial charge in [0.05, 0.1) is 6.54 Å². The Kier molecular flexibility index (Phi) is 4.44. The molecule has 2 fully saturated rings. The van der Waals surface area contributed by atoms with Crippen LogP contribution in [-0.2, 0) is 0 Å². The van der Waals surface area contributed by atoms with Gasteiger partial charge in [-0.2, -0.15) is 0 Å². The van der Waals surface area contributed by atoms with Gasteiger partial charge in [0.2, 0.25) is 0 Å². The number of Topliss-reactive ketones (excluding diaryl/α,β-unsaturated/α-hetero) is 1. The minimum absolute atomic E-state index is 0.285. The van der Waals surface area contributed by atoms with Gasteiger partial charge in [-0.15, -0.1) is 0 Å². The van der Waals surface area contributed by atoms with Crippen LogP contribution in [0.4, 0.5) is 0 Å². The fourth-order valence-corrected chi connectivity index (χ4v) is 4.16. The summed E-state index contributed by atoms with van der Waals surface area (Å²) in [6, 6.07) is 7.96. The molecule has 0 bridgehead atoms. The number of carbonyl (C=O) groups excluding carboxylic acids is 1. The number of rotatable bonds is 3. The maximum atomic E-state index is 12.5. The van der Waals surface area contributed by atoms with Crippen molar-refractivity contribution < 1.29 is 4.79 Å². The van der Waals surface area contributed by atoms with E-state index in [1.807, 2.05) is 31.2 Å². The molecule has 1 saturated heterocycles. The number of hydrogen-bond donors (Lipinski definition) is 0. The molecule has 0 unspecified atom stereocenters. The maximum Gasteiger partial charge on any atom is 0.177 e. The zero-order valence-electron chi connectivity index (χ0n) is 13.2. The zero-order valence-corrected chi connectivity index (χ0v) is 13.2. The number of ketones is 1. The van der Waals surface area contributed by atoms with E-state index in [0.29, 0.717) is 12.0 Å². The predicted octanol–water partition coefficient (Wildman–Crippen LogP) is 4.22. The molecular formula is C19H27NO. The summed E-state index contributed by atoms with van der Waals surface area (Å²) in [5, 5.41) is 0. The zero-order chi connectivity index (χ0) is 14.7. The number of piperidine rings is 1. The number of aryl methyl sites for hydroxylation is 1. The van der Waals surface area contributed by atoms with Crippen molar-refractivity contribution in [1.82, 2.24) is 4.90 Å². The molecule has 1 aromatic carbocycles. The summed E-state index contributed by atoms with van der Waals surface area (Å²) in [7, 11) is 0. The molecule has 2 nitrogen and oxygen atoms in total. The molecule has 1 aliphatic heterocycles. The minimum Gasteiger partial charge on any atom is -0.296 e. The lowest BCUT2D eigenvalue weighted by Crippen LogP contribution is -2.43. The first kappa shape index (κ1) is 14.8. The molecule has 0 N–H and O–H groups in total. The van der Waals surface area contributed by atoms with Crippen LogP contribution < -0.4 is 0 Å². The van der Waals surface area contributed by atoms with Crippen LogP contribution in [-0.4, -0.2) is 30.3 Å². The molecule has 1 aromatic rings. The van der Waals surface area contributed by atoms with Gasteiger partial charge in [0, 0.05) is 5.56 Å². The first-order chi connectivity index (χ1) is 10.2. The van der Waals surface area contributed by atoms with Crippen LogP contribution >= 0.6 is 0 Å². The molecule has 1 heterocycles. The van der Waals surface area contributed by atoms with Gasteiger partial charge in [0.25, 0.3) is 0 Å². The highest BCUT2D eigenvalue weighted by molar-refractivity contribution is 5.98. The molecule has 1 saturated carbocycles. The molecule has 1 spiro atoms. The van der Waals surface area contributed by atoms with E-state index in [1.165, 1.54) is 44.9 Å². The summed E-state index contributed by atoms with van der Waals surface area (Å²) in [4.78, 5) is 14.8. The van der Waals surface area contributed by atoms with E-state index < -0.39 is 0 Å². The second-order valence-corrected chi connectivity index (χ2v) is 7.07. The Bertz CT molecular complexity index is 492. The van der Waals surface area contributed by atoms with E-state index in [-0.39, 0.29) is 5.78 Å². The summed E-state index contributed by atoms with van der Waals surface area (Å²) in [6.45, 7) is 4.84. The summed E-state index contributed by atoms with van der Waals surface area (Å²) in [5.74, 6) is 0.285. The lowest BCUT2D eigenvalue weighted by molar-refractivity contribution is 0.0611. The van der Waals surface area contributed by atoms with Crippen molar-refractivity contribution in [2.75, 3.05) is 19.6 Å². The Labute approximate surface area is 128 Å². The fourth-order valence-electron chi connectivity index (χ4n) is 4.16. The first-order valence-electron chi connectivity index (χ1n) is 8.50. The average molecular weight is 285 g/mol. The van der Waals surface area contributed by atoms with Crippen LogP contribution in [0.25, 0.3) is 0 Å². The predicted molar refractivity (Wildman–Crippen MR) is 86.7 cm³/mol. The molecule has 0 atom stereocenters. The highest BCUT2D eigenvalue weighted by atomic mass is 16.1. The van der Waals surface area contributed by atoms with Crippen LogP contribution in [0.3, 0.4) is 0 Å². The smallest absolute Gasteiger partial charge is 0.177 e. The highest BCUT2D eigenvalue weighted by Crippen LogP contribution is 2.44.